The smallest absolute Gasteiger partial charge is 0.264 e. The van der Waals surface area contributed by atoms with E-state index < -0.39 is 26.6 Å². The minimum Gasteiger partial charge on any atom is -0.473 e. The van der Waals surface area contributed by atoms with Crippen molar-refractivity contribution in [3.05, 3.63) is 78.8 Å². The lowest BCUT2D eigenvalue weighted by atomic mass is 10.0. The van der Waals surface area contributed by atoms with Crippen molar-refractivity contribution < 1.29 is 31.5 Å². The zero-order valence-corrected chi connectivity index (χ0v) is 24.9. The monoisotopic (exact) mass is 634 g/mol. The summed E-state index contributed by atoms with van der Waals surface area (Å²) in [7, 11) is -4.46. The maximum atomic E-state index is 14.4. The van der Waals surface area contributed by atoms with Crippen LogP contribution in [0.3, 0.4) is 0 Å². The third-order valence-electron chi connectivity index (χ3n) is 7.38. The molecule has 3 heterocycles. The zero-order valence-electron chi connectivity index (χ0n) is 24.1. The normalized spacial score (nSPS) is 15.4. The number of rotatable bonds is 9. The summed E-state index contributed by atoms with van der Waals surface area (Å²) in [5.74, 6) is -1.84. The van der Waals surface area contributed by atoms with Crippen LogP contribution < -0.4 is 14.4 Å². The molecule has 0 atom stereocenters. The number of carbonyl (C=O) groups is 2. The summed E-state index contributed by atoms with van der Waals surface area (Å²) in [4.78, 5) is 39.9. The van der Waals surface area contributed by atoms with E-state index in [1.54, 1.807) is 17.2 Å². The number of nitrogens with one attached hydrogen (secondary N) is 1. The first-order valence-corrected chi connectivity index (χ1v) is 15.7. The molecule has 2 aromatic heterocycles. The van der Waals surface area contributed by atoms with E-state index in [-0.39, 0.29) is 29.4 Å². The highest BCUT2D eigenvalue weighted by molar-refractivity contribution is 7.92. The van der Waals surface area contributed by atoms with Crippen LogP contribution >= 0.6 is 0 Å². The molecule has 1 aliphatic carbocycles. The number of amides is 1. The molecule has 2 fully saturated rings. The molecule has 14 heteroatoms. The van der Waals surface area contributed by atoms with Crippen molar-refractivity contribution in [3.63, 3.8) is 0 Å². The zero-order chi connectivity index (χ0) is 31.7. The molecule has 11 nitrogen and oxygen atoms in total. The number of pyridine rings is 1. The van der Waals surface area contributed by atoms with Gasteiger partial charge in [0, 0.05) is 55.5 Å². The number of carbonyl (C=O) groups excluding carboxylic acids is 2. The van der Waals surface area contributed by atoms with Gasteiger partial charge in [-0.05, 0) is 61.7 Å². The van der Waals surface area contributed by atoms with E-state index >= 15 is 0 Å². The highest BCUT2D eigenvalue weighted by Crippen LogP contribution is 2.36. The second-order valence-electron chi connectivity index (χ2n) is 10.8. The molecule has 0 bridgehead atoms. The van der Waals surface area contributed by atoms with Crippen molar-refractivity contribution in [2.24, 2.45) is 0 Å². The molecule has 1 amide bonds. The van der Waals surface area contributed by atoms with E-state index in [1.165, 1.54) is 25.4 Å². The largest absolute Gasteiger partial charge is 0.473 e. The van der Waals surface area contributed by atoms with Gasteiger partial charge in [-0.3, -0.25) is 14.3 Å². The number of benzene rings is 2. The summed E-state index contributed by atoms with van der Waals surface area (Å²) in [5, 5.41) is 0.736. The number of halogens is 2. The fourth-order valence-corrected chi connectivity index (χ4v) is 6.03. The Morgan fingerprint density at radius 1 is 0.956 bits per heavy atom. The Hall–Kier alpha value is -4.98. The van der Waals surface area contributed by atoms with Crippen LogP contribution in [0.4, 0.5) is 20.3 Å². The van der Waals surface area contributed by atoms with Gasteiger partial charge in [0.15, 0.2) is 5.78 Å². The molecular formula is C31H28F2N6O5S. The number of allylic oxidation sites excluding steroid dienone is 1. The Balaban J connectivity index is 1.30. The number of sulfonamides is 1. The van der Waals surface area contributed by atoms with Crippen molar-refractivity contribution in [2.75, 3.05) is 35.8 Å². The van der Waals surface area contributed by atoms with Crippen LogP contribution in [0.25, 0.3) is 22.0 Å². The van der Waals surface area contributed by atoms with Gasteiger partial charge < -0.3 is 14.5 Å². The van der Waals surface area contributed by atoms with Crippen molar-refractivity contribution in [1.82, 2.24) is 19.9 Å². The SMILES string of the molecule is CC(=O)/C=C/C(=O)N1CCN(c2ncnc3ccc(-c4cnc(OC5CC5)c(NS(=O)(=O)c5ccc(F)cc5F)c4)cc23)CC1. The second kappa shape index (κ2) is 12.2. The first-order valence-electron chi connectivity index (χ1n) is 14.2. The predicted octanol–water partition coefficient (Wildman–Crippen LogP) is 4.11. The quantitative estimate of drug-likeness (QED) is 0.270. The number of aromatic nitrogens is 3. The van der Waals surface area contributed by atoms with Crippen molar-refractivity contribution >= 4 is 44.1 Å². The maximum Gasteiger partial charge on any atom is 0.264 e. The van der Waals surface area contributed by atoms with Gasteiger partial charge in [0.25, 0.3) is 10.0 Å². The number of hydrogen-bond donors (Lipinski definition) is 1. The number of anilines is 2. The van der Waals surface area contributed by atoms with E-state index in [2.05, 4.69) is 19.7 Å². The number of fused-ring (bicyclic) bond motifs is 1. The van der Waals surface area contributed by atoms with Gasteiger partial charge in [-0.1, -0.05) is 6.07 Å². The van der Waals surface area contributed by atoms with Gasteiger partial charge in [0.1, 0.15) is 40.5 Å². The van der Waals surface area contributed by atoms with E-state index in [0.29, 0.717) is 54.7 Å². The van der Waals surface area contributed by atoms with Crippen LogP contribution in [-0.4, -0.2) is 72.2 Å². The van der Waals surface area contributed by atoms with Crippen molar-refractivity contribution in [3.8, 4) is 17.0 Å². The molecule has 1 saturated heterocycles. The first-order chi connectivity index (χ1) is 21.6. The summed E-state index contributed by atoms with van der Waals surface area (Å²) >= 11 is 0. The average molecular weight is 635 g/mol. The molecule has 0 radical (unpaired) electrons. The lowest BCUT2D eigenvalue weighted by Gasteiger charge is -2.35. The van der Waals surface area contributed by atoms with Crippen LogP contribution in [0.2, 0.25) is 0 Å². The molecule has 1 saturated carbocycles. The highest BCUT2D eigenvalue weighted by atomic mass is 32.2. The summed E-state index contributed by atoms with van der Waals surface area (Å²) in [6.45, 7) is 3.29. The number of hydrogen-bond acceptors (Lipinski definition) is 9. The Bertz CT molecular complexity index is 1940. The Labute approximate surface area is 257 Å². The molecule has 1 N–H and O–H groups in total. The third-order valence-corrected chi connectivity index (χ3v) is 8.78. The lowest BCUT2D eigenvalue weighted by molar-refractivity contribution is -0.126. The van der Waals surface area contributed by atoms with E-state index in [4.69, 9.17) is 4.74 Å². The topological polar surface area (TPSA) is 135 Å². The Morgan fingerprint density at radius 3 is 2.44 bits per heavy atom. The summed E-state index contributed by atoms with van der Waals surface area (Å²) in [5.41, 5.74) is 1.91. The van der Waals surface area contributed by atoms with Crippen LogP contribution in [0.5, 0.6) is 5.88 Å². The first kappa shape index (κ1) is 30.1. The van der Waals surface area contributed by atoms with Gasteiger partial charge in [-0.15, -0.1) is 0 Å². The molecule has 2 aliphatic rings. The third kappa shape index (κ3) is 6.75. The Kier molecular flexibility index (Phi) is 8.14. The molecule has 232 valence electrons. The average Bonchev–Trinajstić information content (AvgIpc) is 3.84. The van der Waals surface area contributed by atoms with Crippen LogP contribution in [0.15, 0.2) is 72.0 Å². The van der Waals surface area contributed by atoms with Crippen molar-refractivity contribution in [1.29, 1.82) is 0 Å². The van der Waals surface area contributed by atoms with Gasteiger partial charge in [0.2, 0.25) is 11.8 Å². The van der Waals surface area contributed by atoms with Crippen LogP contribution in [0.1, 0.15) is 19.8 Å². The molecule has 1 aliphatic heterocycles. The maximum absolute atomic E-state index is 14.4. The number of ketones is 1. The van der Waals surface area contributed by atoms with Crippen molar-refractivity contribution in [2.45, 2.75) is 30.8 Å². The fraction of sp³-hybridized carbons (Fsp3) is 0.258. The molecule has 6 rings (SSSR count). The second-order valence-corrected chi connectivity index (χ2v) is 12.4. The summed E-state index contributed by atoms with van der Waals surface area (Å²) in [6.07, 6.45) is 7.06. The molecule has 0 spiro atoms. The van der Waals surface area contributed by atoms with Crippen LogP contribution in [-0.2, 0) is 19.6 Å². The van der Waals surface area contributed by atoms with Gasteiger partial charge >= 0.3 is 0 Å². The summed E-state index contributed by atoms with van der Waals surface area (Å²) in [6, 6.07) is 9.27. The molecule has 0 unspecified atom stereocenters. The van der Waals surface area contributed by atoms with Gasteiger partial charge in [0.05, 0.1) is 5.52 Å². The van der Waals surface area contributed by atoms with E-state index in [1.807, 2.05) is 23.1 Å². The standard InChI is InChI=1S/C31H28F2N6O5S/c1-19(40)2-9-29(41)38-10-12-39(13-11-38)30-24-14-20(3-7-26(24)35-18-36-30)21-15-27(31(34-17-21)44-23-5-6-23)37-45(42,43)28-8-4-22(32)16-25(28)33/h2-4,7-9,14-18,23,37H,5-6,10-13H2,1H3/b9-2+. The lowest BCUT2D eigenvalue weighted by Crippen LogP contribution is -2.48. The molecule has 45 heavy (non-hydrogen) atoms. The van der Waals surface area contributed by atoms with Gasteiger partial charge in [-0.25, -0.2) is 32.2 Å². The van der Waals surface area contributed by atoms with Gasteiger partial charge in [-0.2, -0.15) is 0 Å². The van der Waals surface area contributed by atoms with Crippen LogP contribution in [0, 0.1) is 11.6 Å². The number of nitrogens with zero attached hydrogens (tertiary/aromatic N) is 5. The Morgan fingerprint density at radius 2 is 1.73 bits per heavy atom. The fourth-order valence-electron chi connectivity index (χ4n) is 4.92. The van der Waals surface area contributed by atoms with E-state index in [9.17, 15) is 26.8 Å². The highest BCUT2D eigenvalue weighted by Gasteiger charge is 2.28. The number of ether oxygens (including phenoxy) is 1. The minimum atomic E-state index is -4.46. The van der Waals surface area contributed by atoms with E-state index in [0.717, 1.165) is 30.4 Å². The molecule has 4 aromatic rings. The molecular weight excluding hydrogens is 606 g/mol. The molecule has 2 aromatic carbocycles. The summed E-state index contributed by atoms with van der Waals surface area (Å²) < 4.78 is 62.4. The number of piperazine rings is 1. The predicted molar refractivity (Wildman–Crippen MR) is 162 cm³/mol. The minimum absolute atomic E-state index is 0.00682.